The molecule has 3 heteroatoms. The van der Waals surface area contributed by atoms with Gasteiger partial charge in [0.1, 0.15) is 6.04 Å². The number of hydrogen-bond donors (Lipinski definition) is 1. The minimum absolute atomic E-state index is 0.130. The summed E-state index contributed by atoms with van der Waals surface area (Å²) in [5.41, 5.74) is 1.09. The summed E-state index contributed by atoms with van der Waals surface area (Å²) < 4.78 is 0. The van der Waals surface area contributed by atoms with Crippen LogP contribution in [0.5, 0.6) is 0 Å². The van der Waals surface area contributed by atoms with Crippen molar-refractivity contribution >= 4 is 5.91 Å². The molecule has 3 fully saturated rings. The third kappa shape index (κ3) is 2.05. The summed E-state index contributed by atoms with van der Waals surface area (Å²) in [6, 6.07) is 9.95. The van der Waals surface area contributed by atoms with E-state index < -0.39 is 0 Å². The fourth-order valence-electron chi connectivity index (χ4n) is 4.49. The van der Waals surface area contributed by atoms with Crippen molar-refractivity contribution in [1.82, 2.24) is 10.2 Å². The fourth-order valence-corrected chi connectivity index (χ4v) is 4.49. The van der Waals surface area contributed by atoms with Gasteiger partial charge in [-0.3, -0.25) is 10.1 Å². The average molecular weight is 270 g/mol. The zero-order valence-corrected chi connectivity index (χ0v) is 11.8. The third-order valence-corrected chi connectivity index (χ3v) is 5.52. The number of fused-ring (bicyclic) bond motifs is 2. The summed E-state index contributed by atoms with van der Waals surface area (Å²) in [6.07, 6.45) is 5.60. The van der Waals surface area contributed by atoms with Crippen molar-refractivity contribution in [2.24, 2.45) is 17.8 Å². The Labute approximate surface area is 120 Å². The number of benzene rings is 1. The number of nitrogens with zero attached hydrogens (tertiary/aromatic N) is 1. The van der Waals surface area contributed by atoms with Crippen molar-refractivity contribution in [3.8, 4) is 0 Å². The number of nitrogens with one attached hydrogen (secondary N) is 1. The van der Waals surface area contributed by atoms with Crippen molar-refractivity contribution in [1.29, 1.82) is 0 Å². The summed E-state index contributed by atoms with van der Waals surface area (Å²) >= 11 is 0. The van der Waals surface area contributed by atoms with Crippen molar-refractivity contribution < 1.29 is 4.79 Å². The van der Waals surface area contributed by atoms with Crippen molar-refractivity contribution in [3.63, 3.8) is 0 Å². The lowest BCUT2D eigenvalue weighted by atomic mass is 9.88. The maximum atomic E-state index is 12.6. The van der Waals surface area contributed by atoms with Gasteiger partial charge in [-0.1, -0.05) is 36.8 Å². The molecule has 3 aliphatic rings. The zero-order valence-electron chi connectivity index (χ0n) is 11.8. The second-order valence-corrected chi connectivity index (χ2v) is 6.70. The number of carbonyl (C=O) groups is 1. The van der Waals surface area contributed by atoms with Gasteiger partial charge >= 0.3 is 0 Å². The molecular formula is C17H22N2O. The first-order valence-corrected chi connectivity index (χ1v) is 7.88. The van der Waals surface area contributed by atoms with Gasteiger partial charge in [0.25, 0.3) is 0 Å². The quantitative estimate of drug-likeness (QED) is 0.915. The second kappa shape index (κ2) is 4.88. The van der Waals surface area contributed by atoms with E-state index in [4.69, 9.17) is 0 Å². The van der Waals surface area contributed by atoms with Gasteiger partial charge < -0.3 is 4.90 Å². The molecule has 3 nitrogen and oxygen atoms in total. The van der Waals surface area contributed by atoms with Crippen molar-refractivity contribution in [3.05, 3.63) is 35.9 Å². The van der Waals surface area contributed by atoms with Gasteiger partial charge in [-0.05, 0) is 42.6 Å². The van der Waals surface area contributed by atoms with Gasteiger partial charge in [0, 0.05) is 6.54 Å². The van der Waals surface area contributed by atoms with Gasteiger partial charge in [-0.15, -0.1) is 0 Å². The molecule has 1 aromatic rings. The summed E-state index contributed by atoms with van der Waals surface area (Å²) in [5.74, 6) is 2.87. The molecular weight excluding hydrogens is 248 g/mol. The molecule has 4 atom stereocenters. The Morgan fingerprint density at radius 3 is 2.70 bits per heavy atom. The second-order valence-electron chi connectivity index (χ2n) is 6.70. The van der Waals surface area contributed by atoms with Crippen LogP contribution >= 0.6 is 0 Å². The highest BCUT2D eigenvalue weighted by atomic mass is 16.2. The SMILES string of the molecule is O=C1C(c2ccccc2)NCN1CC1CC2CCC1C2. The smallest absolute Gasteiger partial charge is 0.245 e. The van der Waals surface area contributed by atoms with E-state index in [2.05, 4.69) is 5.32 Å². The van der Waals surface area contributed by atoms with Gasteiger partial charge in [0.2, 0.25) is 5.91 Å². The largest absolute Gasteiger partial charge is 0.328 e. The predicted octanol–water partition coefficient (Wildman–Crippen LogP) is 2.55. The fraction of sp³-hybridized carbons (Fsp3) is 0.588. The van der Waals surface area contributed by atoms with Gasteiger partial charge in [-0.2, -0.15) is 0 Å². The first kappa shape index (κ1) is 12.4. The summed E-state index contributed by atoms with van der Waals surface area (Å²) in [7, 11) is 0. The maximum absolute atomic E-state index is 12.6. The average Bonchev–Trinajstić information content (AvgIpc) is 3.17. The van der Waals surface area contributed by atoms with Gasteiger partial charge in [0.15, 0.2) is 0 Å². The first-order chi connectivity index (χ1) is 9.81. The number of rotatable bonds is 3. The summed E-state index contributed by atoms with van der Waals surface area (Å²) in [5, 5.41) is 3.37. The minimum atomic E-state index is -0.130. The molecule has 1 N–H and O–H groups in total. The standard InChI is InChI=1S/C17H22N2O/c20-17-16(13-4-2-1-3-5-13)18-11-19(17)10-15-9-12-6-7-14(15)8-12/h1-5,12,14-16,18H,6-11H2. The van der Waals surface area contributed by atoms with Crippen LogP contribution < -0.4 is 5.32 Å². The Morgan fingerprint density at radius 1 is 1.15 bits per heavy atom. The van der Waals surface area contributed by atoms with Gasteiger partial charge in [0.05, 0.1) is 6.67 Å². The van der Waals surface area contributed by atoms with Crippen LogP contribution in [0, 0.1) is 17.8 Å². The molecule has 1 amide bonds. The van der Waals surface area contributed by atoms with Crippen LogP contribution in [0.2, 0.25) is 0 Å². The zero-order chi connectivity index (χ0) is 13.5. The van der Waals surface area contributed by atoms with E-state index in [0.29, 0.717) is 6.67 Å². The molecule has 2 saturated carbocycles. The number of carbonyl (C=O) groups excluding carboxylic acids is 1. The third-order valence-electron chi connectivity index (χ3n) is 5.52. The molecule has 2 aliphatic carbocycles. The number of hydrogen-bond acceptors (Lipinski definition) is 2. The van der Waals surface area contributed by atoms with Crippen molar-refractivity contribution in [2.45, 2.75) is 31.7 Å². The molecule has 1 aliphatic heterocycles. The molecule has 1 heterocycles. The van der Waals surface area contributed by atoms with E-state index in [-0.39, 0.29) is 11.9 Å². The minimum Gasteiger partial charge on any atom is -0.328 e. The molecule has 20 heavy (non-hydrogen) atoms. The lowest BCUT2D eigenvalue weighted by Crippen LogP contribution is -2.34. The van der Waals surface area contributed by atoms with Crippen LogP contribution in [0.1, 0.15) is 37.3 Å². The normalized spacial score (nSPS) is 36.0. The van der Waals surface area contributed by atoms with Crippen LogP contribution in [0.3, 0.4) is 0 Å². The Hall–Kier alpha value is -1.35. The highest BCUT2D eigenvalue weighted by Crippen LogP contribution is 2.48. The Bertz CT molecular complexity index is 501. The lowest BCUT2D eigenvalue weighted by Gasteiger charge is -2.26. The van der Waals surface area contributed by atoms with E-state index in [1.807, 2.05) is 35.2 Å². The highest BCUT2D eigenvalue weighted by molar-refractivity contribution is 5.85. The van der Waals surface area contributed by atoms with Gasteiger partial charge in [-0.25, -0.2) is 0 Å². The molecule has 1 aromatic carbocycles. The van der Waals surface area contributed by atoms with E-state index in [1.165, 1.54) is 25.7 Å². The van der Waals surface area contributed by atoms with E-state index >= 15 is 0 Å². The maximum Gasteiger partial charge on any atom is 0.245 e. The Balaban J connectivity index is 1.43. The molecule has 1 saturated heterocycles. The molecule has 0 spiro atoms. The highest BCUT2D eigenvalue weighted by Gasteiger charge is 2.42. The van der Waals surface area contributed by atoms with E-state index in [1.54, 1.807) is 0 Å². The topological polar surface area (TPSA) is 32.3 Å². The van der Waals surface area contributed by atoms with E-state index in [0.717, 1.165) is 29.9 Å². The van der Waals surface area contributed by atoms with E-state index in [9.17, 15) is 4.79 Å². The Kier molecular flexibility index (Phi) is 3.03. The molecule has 4 unspecified atom stereocenters. The molecule has 0 radical (unpaired) electrons. The van der Waals surface area contributed by atoms with Crippen molar-refractivity contribution in [2.75, 3.05) is 13.2 Å². The van der Waals surface area contributed by atoms with Crippen LogP contribution in [0.15, 0.2) is 30.3 Å². The van der Waals surface area contributed by atoms with Crippen LogP contribution in [-0.4, -0.2) is 24.0 Å². The number of amides is 1. The predicted molar refractivity (Wildman–Crippen MR) is 77.8 cm³/mol. The summed E-state index contributed by atoms with van der Waals surface area (Å²) in [6.45, 7) is 1.68. The molecule has 106 valence electrons. The molecule has 2 bridgehead atoms. The van der Waals surface area contributed by atoms with Crippen LogP contribution in [-0.2, 0) is 4.79 Å². The van der Waals surface area contributed by atoms with Crippen LogP contribution in [0.25, 0.3) is 0 Å². The first-order valence-electron chi connectivity index (χ1n) is 7.88. The van der Waals surface area contributed by atoms with Crippen LogP contribution in [0.4, 0.5) is 0 Å². The molecule has 4 rings (SSSR count). The summed E-state index contributed by atoms with van der Waals surface area (Å²) in [4.78, 5) is 14.6. The lowest BCUT2D eigenvalue weighted by molar-refractivity contribution is -0.129. The molecule has 0 aromatic heterocycles. The Morgan fingerprint density at radius 2 is 2.00 bits per heavy atom. The monoisotopic (exact) mass is 270 g/mol.